The van der Waals surface area contributed by atoms with E-state index in [0.29, 0.717) is 17.3 Å². The van der Waals surface area contributed by atoms with Crippen molar-refractivity contribution >= 4 is 35.1 Å². The minimum atomic E-state index is -0.958. The van der Waals surface area contributed by atoms with Crippen molar-refractivity contribution in [1.29, 1.82) is 0 Å². The van der Waals surface area contributed by atoms with E-state index in [9.17, 15) is 14.4 Å². The normalized spacial score (nSPS) is 17.3. The van der Waals surface area contributed by atoms with Crippen molar-refractivity contribution in [2.75, 3.05) is 11.9 Å². The minimum Gasteiger partial charge on any atom is -0.452 e. The van der Waals surface area contributed by atoms with Crippen molar-refractivity contribution in [1.82, 2.24) is 4.90 Å². The van der Waals surface area contributed by atoms with E-state index in [1.54, 1.807) is 35.2 Å². The molecule has 2 atom stereocenters. The van der Waals surface area contributed by atoms with Crippen LogP contribution in [0.25, 0.3) is 0 Å². The van der Waals surface area contributed by atoms with E-state index in [2.05, 4.69) is 5.32 Å². The third kappa shape index (κ3) is 4.89. The molecule has 2 amide bonds. The second-order valence-electron chi connectivity index (χ2n) is 6.70. The molecule has 0 saturated carbocycles. The number of halogens is 1. The molecule has 1 heterocycles. The quantitative estimate of drug-likeness (QED) is 0.755. The predicted octanol–water partition coefficient (Wildman–Crippen LogP) is 3.26. The van der Waals surface area contributed by atoms with Crippen LogP contribution >= 0.6 is 11.6 Å². The number of anilines is 1. The fourth-order valence-corrected chi connectivity index (χ4v) is 3.20. The molecule has 0 spiro atoms. The maximum absolute atomic E-state index is 12.4. The molecule has 1 saturated heterocycles. The van der Waals surface area contributed by atoms with Gasteiger partial charge in [0.1, 0.15) is 0 Å². The second kappa shape index (κ2) is 8.89. The third-order valence-corrected chi connectivity index (χ3v) is 4.94. The number of hydrogen-bond acceptors (Lipinski definition) is 4. The number of esters is 1. The van der Waals surface area contributed by atoms with Crippen molar-refractivity contribution < 1.29 is 19.1 Å². The molecule has 3 rings (SSSR count). The first-order valence-electron chi connectivity index (χ1n) is 9.01. The summed E-state index contributed by atoms with van der Waals surface area (Å²) in [5, 5.41) is 3.26. The molecule has 2 aromatic carbocycles. The summed E-state index contributed by atoms with van der Waals surface area (Å²) in [5.41, 5.74) is 1.44. The summed E-state index contributed by atoms with van der Waals surface area (Å²) in [6, 6.07) is 16.2. The van der Waals surface area contributed by atoms with Crippen LogP contribution in [-0.2, 0) is 25.7 Å². The van der Waals surface area contributed by atoms with Crippen molar-refractivity contribution in [3.8, 4) is 0 Å². The van der Waals surface area contributed by atoms with Gasteiger partial charge < -0.3 is 15.0 Å². The van der Waals surface area contributed by atoms with E-state index in [1.165, 1.54) is 6.92 Å². The van der Waals surface area contributed by atoms with Gasteiger partial charge in [0.2, 0.25) is 5.91 Å². The summed E-state index contributed by atoms with van der Waals surface area (Å²) in [7, 11) is 0. The Labute approximate surface area is 168 Å². The molecule has 1 aliphatic rings. The molecule has 1 aliphatic heterocycles. The molecule has 1 N–H and O–H groups in total. The SMILES string of the molecule is C[C@@H](OC(=O)[C@@H]1CC(=O)N(Cc2ccccc2Cl)C1)C(=O)Nc1ccccc1. The molecule has 7 heteroatoms. The van der Waals surface area contributed by atoms with Gasteiger partial charge in [-0.2, -0.15) is 0 Å². The Kier molecular flexibility index (Phi) is 6.31. The number of nitrogens with zero attached hydrogens (tertiary/aromatic N) is 1. The molecule has 146 valence electrons. The molecule has 0 aliphatic carbocycles. The maximum atomic E-state index is 12.4. The number of carbonyl (C=O) groups is 3. The summed E-state index contributed by atoms with van der Waals surface area (Å²) in [5.74, 6) is -1.70. The average Bonchev–Trinajstić information content (AvgIpc) is 3.05. The zero-order chi connectivity index (χ0) is 20.1. The third-order valence-electron chi connectivity index (χ3n) is 4.57. The lowest BCUT2D eigenvalue weighted by Gasteiger charge is -2.18. The Morgan fingerprint density at radius 2 is 1.86 bits per heavy atom. The summed E-state index contributed by atoms with van der Waals surface area (Å²) in [6.07, 6.45) is -0.892. The van der Waals surface area contributed by atoms with Crippen LogP contribution < -0.4 is 5.32 Å². The summed E-state index contributed by atoms with van der Waals surface area (Å²) >= 11 is 6.15. The van der Waals surface area contributed by atoms with Gasteiger partial charge in [-0.15, -0.1) is 0 Å². The van der Waals surface area contributed by atoms with Gasteiger partial charge >= 0.3 is 5.97 Å². The van der Waals surface area contributed by atoms with Gasteiger partial charge in [0.15, 0.2) is 6.10 Å². The molecule has 2 aromatic rings. The van der Waals surface area contributed by atoms with E-state index in [-0.39, 0.29) is 18.9 Å². The van der Waals surface area contributed by atoms with Crippen molar-refractivity contribution in [2.24, 2.45) is 5.92 Å². The fourth-order valence-electron chi connectivity index (χ4n) is 3.00. The van der Waals surface area contributed by atoms with E-state index < -0.39 is 23.9 Å². The second-order valence-corrected chi connectivity index (χ2v) is 7.11. The number of amides is 2. The highest BCUT2D eigenvalue weighted by atomic mass is 35.5. The van der Waals surface area contributed by atoms with Crippen LogP contribution in [0.4, 0.5) is 5.69 Å². The topological polar surface area (TPSA) is 75.7 Å². The zero-order valence-electron chi connectivity index (χ0n) is 15.4. The monoisotopic (exact) mass is 400 g/mol. The first-order chi connectivity index (χ1) is 13.4. The van der Waals surface area contributed by atoms with Gasteiger partial charge in [-0.05, 0) is 30.7 Å². The Balaban J connectivity index is 1.54. The van der Waals surface area contributed by atoms with Crippen LogP contribution in [0.15, 0.2) is 54.6 Å². The number of hydrogen-bond donors (Lipinski definition) is 1. The lowest BCUT2D eigenvalue weighted by atomic mass is 10.1. The molecular formula is C21H21ClN2O4. The molecule has 0 aromatic heterocycles. The fraction of sp³-hybridized carbons (Fsp3) is 0.286. The lowest BCUT2D eigenvalue weighted by Crippen LogP contribution is -2.33. The number of para-hydroxylation sites is 1. The van der Waals surface area contributed by atoms with Gasteiger partial charge in [0.25, 0.3) is 5.91 Å². The summed E-state index contributed by atoms with van der Waals surface area (Å²) in [6.45, 7) is 2.09. The van der Waals surface area contributed by atoms with E-state index in [4.69, 9.17) is 16.3 Å². The van der Waals surface area contributed by atoms with Crippen LogP contribution in [0.5, 0.6) is 0 Å². The molecule has 0 unspecified atom stereocenters. The van der Waals surface area contributed by atoms with Gasteiger partial charge in [0, 0.05) is 30.2 Å². The van der Waals surface area contributed by atoms with E-state index in [0.717, 1.165) is 5.56 Å². The highest BCUT2D eigenvalue weighted by Crippen LogP contribution is 2.24. The number of nitrogens with one attached hydrogen (secondary N) is 1. The van der Waals surface area contributed by atoms with Gasteiger partial charge in [0.05, 0.1) is 5.92 Å². The van der Waals surface area contributed by atoms with Crippen molar-refractivity contribution in [2.45, 2.75) is 26.0 Å². The van der Waals surface area contributed by atoms with Crippen LogP contribution in [0.1, 0.15) is 18.9 Å². The molecule has 28 heavy (non-hydrogen) atoms. The number of likely N-dealkylation sites (tertiary alicyclic amines) is 1. The first kappa shape index (κ1) is 19.9. The molecule has 6 nitrogen and oxygen atoms in total. The Morgan fingerprint density at radius 3 is 2.57 bits per heavy atom. The van der Waals surface area contributed by atoms with Crippen molar-refractivity contribution in [3.05, 3.63) is 65.2 Å². The molecule has 1 fully saturated rings. The first-order valence-corrected chi connectivity index (χ1v) is 9.39. The van der Waals surface area contributed by atoms with Gasteiger partial charge in [-0.25, -0.2) is 0 Å². The van der Waals surface area contributed by atoms with Crippen LogP contribution in [-0.4, -0.2) is 35.3 Å². The lowest BCUT2D eigenvalue weighted by molar-refractivity contribution is -0.157. The largest absolute Gasteiger partial charge is 0.452 e. The van der Waals surface area contributed by atoms with E-state index in [1.807, 2.05) is 24.3 Å². The van der Waals surface area contributed by atoms with E-state index >= 15 is 0 Å². The highest BCUT2D eigenvalue weighted by molar-refractivity contribution is 6.31. The standard InChI is InChI=1S/C21H21ClN2O4/c1-14(20(26)23-17-8-3-2-4-9-17)28-21(27)16-11-19(25)24(13-16)12-15-7-5-6-10-18(15)22/h2-10,14,16H,11-13H2,1H3,(H,23,26)/t14-,16-/m1/s1. The predicted molar refractivity (Wildman–Crippen MR) is 106 cm³/mol. The molecule has 0 radical (unpaired) electrons. The van der Waals surface area contributed by atoms with Crippen LogP contribution in [0, 0.1) is 5.92 Å². The maximum Gasteiger partial charge on any atom is 0.312 e. The Bertz CT molecular complexity index is 872. The Hall–Kier alpha value is -2.86. The van der Waals surface area contributed by atoms with Crippen LogP contribution in [0.3, 0.4) is 0 Å². The smallest absolute Gasteiger partial charge is 0.312 e. The molecular weight excluding hydrogens is 380 g/mol. The van der Waals surface area contributed by atoms with Crippen molar-refractivity contribution in [3.63, 3.8) is 0 Å². The summed E-state index contributed by atoms with van der Waals surface area (Å²) < 4.78 is 5.28. The highest BCUT2D eigenvalue weighted by Gasteiger charge is 2.36. The molecule has 0 bridgehead atoms. The number of carbonyl (C=O) groups excluding carboxylic acids is 3. The minimum absolute atomic E-state index is 0.0658. The number of benzene rings is 2. The van der Waals surface area contributed by atoms with Crippen LogP contribution in [0.2, 0.25) is 5.02 Å². The Morgan fingerprint density at radius 1 is 1.18 bits per heavy atom. The average molecular weight is 401 g/mol. The zero-order valence-corrected chi connectivity index (χ0v) is 16.2. The van der Waals surface area contributed by atoms with Gasteiger partial charge in [-0.1, -0.05) is 48.0 Å². The summed E-state index contributed by atoms with van der Waals surface area (Å²) in [4.78, 5) is 38.5. The number of rotatable bonds is 6. The number of ether oxygens (including phenoxy) is 1. The van der Waals surface area contributed by atoms with Gasteiger partial charge in [-0.3, -0.25) is 14.4 Å².